The van der Waals surface area contributed by atoms with E-state index < -0.39 is 0 Å². The van der Waals surface area contributed by atoms with E-state index in [1.807, 2.05) is 0 Å². The van der Waals surface area contributed by atoms with Crippen molar-refractivity contribution in [1.29, 1.82) is 0 Å². The van der Waals surface area contributed by atoms with Crippen molar-refractivity contribution < 1.29 is 14.0 Å². The molecule has 0 spiro atoms. The molecule has 116 valence electrons. The number of carbonyl (C=O) groups excluding carboxylic acids is 2. The SMILES string of the molecule is Cc1c(C(=O)Nc2ccc(N)nc2)oc2c1C(=O)CCC2.Cl. The summed E-state index contributed by atoms with van der Waals surface area (Å²) >= 11 is 0. The van der Waals surface area contributed by atoms with Crippen molar-refractivity contribution in [3.8, 4) is 0 Å². The Morgan fingerprint density at radius 2 is 2.14 bits per heavy atom. The first-order valence-corrected chi connectivity index (χ1v) is 6.74. The Hall–Kier alpha value is -2.34. The molecular weight excluding hydrogens is 306 g/mol. The molecule has 7 heteroatoms. The second kappa shape index (κ2) is 6.19. The van der Waals surface area contributed by atoms with Crippen LogP contribution in [0.2, 0.25) is 0 Å². The molecule has 2 aromatic heterocycles. The van der Waals surface area contributed by atoms with Gasteiger partial charge >= 0.3 is 0 Å². The molecule has 1 aliphatic carbocycles. The Kier molecular flexibility index (Phi) is 4.51. The number of pyridine rings is 1. The van der Waals surface area contributed by atoms with Gasteiger partial charge in [-0.05, 0) is 25.5 Å². The highest BCUT2D eigenvalue weighted by Crippen LogP contribution is 2.29. The quantitative estimate of drug-likeness (QED) is 0.886. The predicted molar refractivity (Wildman–Crippen MR) is 84.6 cm³/mol. The molecule has 3 N–H and O–H groups in total. The van der Waals surface area contributed by atoms with Gasteiger partial charge in [0.05, 0.1) is 17.4 Å². The molecule has 0 saturated carbocycles. The van der Waals surface area contributed by atoms with Crippen molar-refractivity contribution in [2.75, 3.05) is 11.1 Å². The highest BCUT2D eigenvalue weighted by molar-refractivity contribution is 6.07. The second-order valence-electron chi connectivity index (χ2n) is 5.06. The van der Waals surface area contributed by atoms with E-state index in [0.717, 1.165) is 6.42 Å². The number of aryl methyl sites for hydroxylation is 1. The maximum atomic E-state index is 12.3. The summed E-state index contributed by atoms with van der Waals surface area (Å²) in [5.74, 6) is 0.839. The van der Waals surface area contributed by atoms with Gasteiger partial charge in [-0.2, -0.15) is 0 Å². The first-order chi connectivity index (χ1) is 10.1. The third-order valence-corrected chi connectivity index (χ3v) is 3.56. The maximum absolute atomic E-state index is 12.3. The molecule has 6 nitrogen and oxygen atoms in total. The minimum absolute atomic E-state index is 0. The van der Waals surface area contributed by atoms with E-state index in [4.69, 9.17) is 10.2 Å². The summed E-state index contributed by atoms with van der Waals surface area (Å²) < 4.78 is 5.59. The van der Waals surface area contributed by atoms with Crippen LogP contribution in [0.5, 0.6) is 0 Å². The molecule has 2 aromatic rings. The Balaban J connectivity index is 0.00000176. The number of nitrogens with one attached hydrogen (secondary N) is 1. The molecule has 1 amide bonds. The minimum Gasteiger partial charge on any atom is -0.455 e. The van der Waals surface area contributed by atoms with Crippen molar-refractivity contribution in [2.45, 2.75) is 26.2 Å². The van der Waals surface area contributed by atoms with Crippen LogP contribution in [0.3, 0.4) is 0 Å². The summed E-state index contributed by atoms with van der Waals surface area (Å²) in [6, 6.07) is 3.25. The standard InChI is InChI=1S/C15H15N3O3.ClH/c1-8-13-10(19)3-2-4-11(13)21-14(8)15(20)18-9-5-6-12(16)17-7-9;/h5-7H,2-4H2,1H3,(H2,16,17)(H,18,20);1H. The Bertz CT molecular complexity index is 722. The number of carbonyl (C=O) groups is 2. The summed E-state index contributed by atoms with van der Waals surface area (Å²) in [4.78, 5) is 28.1. The lowest BCUT2D eigenvalue weighted by atomic mass is 9.94. The van der Waals surface area contributed by atoms with Crippen LogP contribution in [0.15, 0.2) is 22.7 Å². The van der Waals surface area contributed by atoms with Gasteiger partial charge in [-0.25, -0.2) is 4.98 Å². The van der Waals surface area contributed by atoms with E-state index in [9.17, 15) is 9.59 Å². The molecular formula is C15H16ClN3O3. The molecule has 0 fully saturated rings. The second-order valence-corrected chi connectivity index (χ2v) is 5.06. The summed E-state index contributed by atoms with van der Waals surface area (Å²) in [6.45, 7) is 1.74. The fourth-order valence-corrected chi connectivity index (χ4v) is 2.53. The van der Waals surface area contributed by atoms with Crippen molar-refractivity contribution in [3.63, 3.8) is 0 Å². The molecule has 0 saturated heterocycles. The molecule has 0 bridgehead atoms. The van der Waals surface area contributed by atoms with Gasteiger partial charge in [0, 0.05) is 18.4 Å². The zero-order valence-corrected chi connectivity index (χ0v) is 12.8. The molecule has 1 aliphatic rings. The number of fused-ring (bicyclic) bond motifs is 1. The van der Waals surface area contributed by atoms with Crippen LogP contribution < -0.4 is 11.1 Å². The van der Waals surface area contributed by atoms with Gasteiger partial charge in [-0.15, -0.1) is 12.4 Å². The topological polar surface area (TPSA) is 98.2 Å². The molecule has 3 rings (SSSR count). The molecule has 0 aliphatic heterocycles. The zero-order valence-electron chi connectivity index (χ0n) is 12.0. The van der Waals surface area contributed by atoms with E-state index in [-0.39, 0.29) is 29.9 Å². The number of ketones is 1. The minimum atomic E-state index is -0.388. The number of rotatable bonds is 2. The molecule has 0 aromatic carbocycles. The smallest absolute Gasteiger partial charge is 0.291 e. The molecule has 0 unspecified atom stereocenters. The number of nitrogen functional groups attached to an aromatic ring is 1. The summed E-state index contributed by atoms with van der Waals surface area (Å²) in [5.41, 5.74) is 7.20. The van der Waals surface area contributed by atoms with Crippen LogP contribution in [0.25, 0.3) is 0 Å². The summed E-state index contributed by atoms with van der Waals surface area (Å²) in [5, 5.41) is 2.69. The Morgan fingerprint density at radius 3 is 2.77 bits per heavy atom. The van der Waals surface area contributed by atoms with E-state index >= 15 is 0 Å². The number of nitrogens with two attached hydrogens (primary N) is 1. The Morgan fingerprint density at radius 1 is 1.36 bits per heavy atom. The van der Waals surface area contributed by atoms with Crippen LogP contribution in [0.4, 0.5) is 11.5 Å². The third-order valence-electron chi connectivity index (χ3n) is 3.56. The van der Waals surface area contributed by atoms with Gasteiger partial charge in [0.1, 0.15) is 11.6 Å². The van der Waals surface area contributed by atoms with Gasteiger partial charge in [-0.1, -0.05) is 0 Å². The van der Waals surface area contributed by atoms with Gasteiger partial charge in [0.2, 0.25) is 0 Å². The van der Waals surface area contributed by atoms with E-state index in [1.165, 1.54) is 6.20 Å². The molecule has 0 radical (unpaired) electrons. The fourth-order valence-electron chi connectivity index (χ4n) is 2.53. The van der Waals surface area contributed by atoms with Crippen LogP contribution in [0, 0.1) is 6.92 Å². The number of anilines is 2. The van der Waals surface area contributed by atoms with Gasteiger partial charge in [-0.3, -0.25) is 9.59 Å². The van der Waals surface area contributed by atoms with Crippen molar-refractivity contribution in [1.82, 2.24) is 4.98 Å². The number of nitrogens with zero attached hydrogens (tertiary/aromatic N) is 1. The average molecular weight is 322 g/mol. The molecule has 2 heterocycles. The number of hydrogen-bond donors (Lipinski definition) is 2. The first-order valence-electron chi connectivity index (χ1n) is 6.74. The average Bonchev–Trinajstić information content (AvgIpc) is 2.80. The van der Waals surface area contributed by atoms with E-state index in [1.54, 1.807) is 19.1 Å². The van der Waals surface area contributed by atoms with Crippen LogP contribution in [-0.2, 0) is 6.42 Å². The highest BCUT2D eigenvalue weighted by atomic mass is 35.5. The number of aromatic nitrogens is 1. The zero-order chi connectivity index (χ0) is 15.0. The van der Waals surface area contributed by atoms with Crippen LogP contribution >= 0.6 is 12.4 Å². The largest absolute Gasteiger partial charge is 0.455 e. The lowest BCUT2D eigenvalue weighted by Gasteiger charge is -2.07. The lowest BCUT2D eigenvalue weighted by molar-refractivity contribution is 0.0963. The lowest BCUT2D eigenvalue weighted by Crippen LogP contribution is -2.13. The first kappa shape index (κ1) is 16.0. The molecule has 22 heavy (non-hydrogen) atoms. The highest BCUT2D eigenvalue weighted by Gasteiger charge is 2.28. The van der Waals surface area contributed by atoms with Crippen LogP contribution in [0.1, 0.15) is 45.1 Å². The number of Topliss-reactive ketones (excluding diaryl/α,β-unsaturated/α-hetero) is 1. The monoisotopic (exact) mass is 321 g/mol. The third kappa shape index (κ3) is 2.82. The fraction of sp³-hybridized carbons (Fsp3) is 0.267. The van der Waals surface area contributed by atoms with E-state index in [2.05, 4.69) is 10.3 Å². The number of furan rings is 1. The summed E-state index contributed by atoms with van der Waals surface area (Å²) in [7, 11) is 0. The van der Waals surface area contributed by atoms with Crippen molar-refractivity contribution in [3.05, 3.63) is 41.0 Å². The van der Waals surface area contributed by atoms with Gasteiger partial charge in [0.25, 0.3) is 5.91 Å². The number of hydrogen-bond acceptors (Lipinski definition) is 5. The van der Waals surface area contributed by atoms with Crippen LogP contribution in [-0.4, -0.2) is 16.7 Å². The van der Waals surface area contributed by atoms with Gasteiger partial charge in [0.15, 0.2) is 11.5 Å². The van der Waals surface area contributed by atoms with Crippen molar-refractivity contribution in [2.24, 2.45) is 0 Å². The normalized spacial score (nSPS) is 13.2. The summed E-state index contributed by atoms with van der Waals surface area (Å²) in [6.07, 6.45) is 3.44. The predicted octanol–water partition coefficient (Wildman–Crippen LogP) is 2.76. The maximum Gasteiger partial charge on any atom is 0.291 e. The Labute approximate surface area is 133 Å². The van der Waals surface area contributed by atoms with E-state index in [0.29, 0.717) is 41.2 Å². The number of amides is 1. The van der Waals surface area contributed by atoms with Crippen molar-refractivity contribution >= 4 is 35.6 Å². The molecule has 0 atom stereocenters. The number of halogens is 1. The van der Waals surface area contributed by atoms with Gasteiger partial charge < -0.3 is 15.5 Å².